The molecule has 0 bridgehead atoms. The van der Waals surface area contributed by atoms with Gasteiger partial charge < -0.3 is 4.52 Å². The molecular formula is C7H8ClO4P. The van der Waals surface area contributed by atoms with Gasteiger partial charge in [0, 0.05) is 0 Å². The molecule has 0 amide bonds. The summed E-state index contributed by atoms with van der Waals surface area (Å²) in [5, 5.41) is 0. The Hall–Kier alpha value is -0.540. The van der Waals surface area contributed by atoms with Crippen molar-refractivity contribution in [2.45, 2.75) is 6.92 Å². The van der Waals surface area contributed by atoms with Crippen LogP contribution in [0.15, 0.2) is 24.3 Å². The van der Waals surface area contributed by atoms with Gasteiger partial charge in [0.2, 0.25) is 0 Å². The van der Waals surface area contributed by atoms with Crippen molar-refractivity contribution in [2.75, 3.05) is 0 Å². The lowest BCUT2D eigenvalue weighted by atomic mass is 10.2. The Morgan fingerprint density at radius 2 is 1.92 bits per heavy atom. The van der Waals surface area contributed by atoms with Crippen LogP contribution >= 0.6 is 19.7 Å². The van der Waals surface area contributed by atoms with Crippen LogP contribution in [0, 0.1) is 6.92 Å². The Morgan fingerprint density at radius 1 is 1.38 bits per heavy atom. The van der Waals surface area contributed by atoms with Gasteiger partial charge in [0.1, 0.15) is 5.75 Å². The summed E-state index contributed by atoms with van der Waals surface area (Å²) in [6.45, 7) is 1.89. The number of benzene rings is 1. The van der Waals surface area contributed by atoms with Crippen molar-refractivity contribution in [1.29, 1.82) is 0 Å². The van der Waals surface area contributed by atoms with Gasteiger partial charge in [-0.2, -0.15) is 4.08 Å². The van der Waals surface area contributed by atoms with Gasteiger partial charge in [0.05, 0.1) is 11.9 Å². The number of hydrogen-bond donors (Lipinski definition) is 1. The van der Waals surface area contributed by atoms with Gasteiger partial charge in [-0.3, -0.25) is 4.89 Å². The highest BCUT2D eigenvalue weighted by molar-refractivity contribution is 7.48. The molecule has 0 aliphatic rings. The Labute approximate surface area is 80.8 Å². The standard InChI is InChI=1S/C7H8ClO4P/c1-6-2-4-7(5-3-6)11-13(9,10)12-8/h2-5H,1H3,(H,9,10). The van der Waals surface area contributed by atoms with Crippen molar-refractivity contribution in [3.63, 3.8) is 0 Å². The first kappa shape index (κ1) is 10.5. The molecule has 1 aromatic carbocycles. The Morgan fingerprint density at radius 3 is 2.38 bits per heavy atom. The predicted octanol–water partition coefficient (Wildman–Crippen LogP) is 2.64. The van der Waals surface area contributed by atoms with E-state index in [1.165, 1.54) is 0 Å². The maximum Gasteiger partial charge on any atom is 0.544 e. The second-order valence-corrected chi connectivity index (χ2v) is 4.11. The molecule has 13 heavy (non-hydrogen) atoms. The van der Waals surface area contributed by atoms with Crippen LogP contribution in [0.2, 0.25) is 0 Å². The molecule has 1 N–H and O–H groups in total. The fourth-order valence-corrected chi connectivity index (χ4v) is 1.25. The monoisotopic (exact) mass is 222 g/mol. The van der Waals surface area contributed by atoms with Crippen molar-refractivity contribution in [3.8, 4) is 5.75 Å². The zero-order chi connectivity index (χ0) is 9.90. The van der Waals surface area contributed by atoms with Crippen molar-refractivity contribution in [1.82, 2.24) is 0 Å². The minimum Gasteiger partial charge on any atom is -0.403 e. The summed E-state index contributed by atoms with van der Waals surface area (Å²) >= 11 is 4.74. The summed E-state index contributed by atoms with van der Waals surface area (Å²) in [6, 6.07) is 6.58. The lowest BCUT2D eigenvalue weighted by molar-refractivity contribution is 0.300. The van der Waals surface area contributed by atoms with Crippen LogP contribution in [0.3, 0.4) is 0 Å². The molecule has 0 aliphatic carbocycles. The molecule has 0 fully saturated rings. The molecule has 1 rings (SSSR count). The summed E-state index contributed by atoms with van der Waals surface area (Å²) < 4.78 is 19.1. The summed E-state index contributed by atoms with van der Waals surface area (Å²) in [4.78, 5) is 8.83. The van der Waals surface area contributed by atoms with E-state index in [1.54, 1.807) is 24.3 Å². The maximum atomic E-state index is 10.8. The average Bonchev–Trinajstić information content (AvgIpc) is 2.09. The molecule has 0 aromatic heterocycles. The molecule has 72 valence electrons. The van der Waals surface area contributed by atoms with Gasteiger partial charge in [0.25, 0.3) is 0 Å². The summed E-state index contributed by atoms with van der Waals surface area (Å²) in [5.41, 5.74) is 1.02. The number of halogens is 1. The molecule has 0 radical (unpaired) electrons. The van der Waals surface area contributed by atoms with Crippen LogP contribution in [0.4, 0.5) is 0 Å². The van der Waals surface area contributed by atoms with Crippen LogP contribution in [-0.4, -0.2) is 4.89 Å². The molecule has 1 atom stereocenters. The van der Waals surface area contributed by atoms with E-state index in [-0.39, 0.29) is 5.75 Å². The van der Waals surface area contributed by atoms with Crippen molar-refractivity contribution >= 4 is 19.7 Å². The van der Waals surface area contributed by atoms with Gasteiger partial charge in [-0.05, 0) is 19.1 Å². The lowest BCUT2D eigenvalue weighted by Crippen LogP contribution is -1.90. The molecule has 4 nitrogen and oxygen atoms in total. The van der Waals surface area contributed by atoms with E-state index in [1.807, 2.05) is 6.92 Å². The zero-order valence-electron chi connectivity index (χ0n) is 6.81. The number of phosphoric acid groups is 1. The Kier molecular flexibility index (Phi) is 3.33. The third kappa shape index (κ3) is 3.36. The Balaban J connectivity index is 2.75. The van der Waals surface area contributed by atoms with E-state index in [9.17, 15) is 4.57 Å². The second-order valence-electron chi connectivity index (χ2n) is 2.44. The Bertz CT molecular complexity index is 324. The molecule has 0 aliphatic heterocycles. The van der Waals surface area contributed by atoms with Crippen LogP contribution in [0.1, 0.15) is 5.56 Å². The first-order chi connectivity index (χ1) is 6.03. The molecule has 0 heterocycles. The fourth-order valence-electron chi connectivity index (χ4n) is 0.746. The van der Waals surface area contributed by atoms with E-state index in [2.05, 4.69) is 8.60 Å². The lowest BCUT2D eigenvalue weighted by Gasteiger charge is -2.08. The number of phosphoric ester groups is 1. The van der Waals surface area contributed by atoms with Crippen LogP contribution in [0.25, 0.3) is 0 Å². The summed E-state index contributed by atoms with van der Waals surface area (Å²) in [7, 11) is -4.15. The van der Waals surface area contributed by atoms with Gasteiger partial charge in [-0.15, -0.1) is 0 Å². The molecule has 0 spiro atoms. The molecule has 1 unspecified atom stereocenters. The normalized spacial score (nSPS) is 15.0. The zero-order valence-corrected chi connectivity index (χ0v) is 8.46. The van der Waals surface area contributed by atoms with Gasteiger partial charge in [-0.25, -0.2) is 4.57 Å². The van der Waals surface area contributed by atoms with Crippen LogP contribution in [0.5, 0.6) is 5.75 Å². The maximum absolute atomic E-state index is 10.8. The summed E-state index contributed by atoms with van der Waals surface area (Å²) in [6.07, 6.45) is 0. The van der Waals surface area contributed by atoms with E-state index in [0.717, 1.165) is 5.56 Å². The van der Waals surface area contributed by atoms with Gasteiger partial charge in [-0.1, -0.05) is 17.7 Å². The first-order valence-electron chi connectivity index (χ1n) is 3.43. The largest absolute Gasteiger partial charge is 0.544 e. The van der Waals surface area contributed by atoms with Crippen molar-refractivity contribution < 1.29 is 18.1 Å². The van der Waals surface area contributed by atoms with E-state index >= 15 is 0 Å². The second kappa shape index (κ2) is 4.11. The first-order valence-corrected chi connectivity index (χ1v) is 5.23. The highest BCUT2D eigenvalue weighted by Crippen LogP contribution is 2.44. The van der Waals surface area contributed by atoms with Crippen molar-refractivity contribution in [2.24, 2.45) is 0 Å². The number of aryl methyl sites for hydroxylation is 1. The molecular weight excluding hydrogens is 214 g/mol. The predicted molar refractivity (Wildman–Crippen MR) is 48.6 cm³/mol. The SMILES string of the molecule is Cc1ccc(OP(=O)(O)OCl)cc1. The molecule has 0 saturated carbocycles. The smallest absolute Gasteiger partial charge is 0.403 e. The minimum absolute atomic E-state index is 0.233. The highest BCUT2D eigenvalue weighted by Gasteiger charge is 2.22. The number of hydrogen-bond acceptors (Lipinski definition) is 3. The van der Waals surface area contributed by atoms with Crippen LogP contribution < -0.4 is 4.52 Å². The van der Waals surface area contributed by atoms with E-state index in [0.29, 0.717) is 0 Å². The van der Waals surface area contributed by atoms with Crippen LogP contribution in [-0.2, 0) is 8.64 Å². The van der Waals surface area contributed by atoms with E-state index < -0.39 is 7.82 Å². The van der Waals surface area contributed by atoms with E-state index in [4.69, 9.17) is 16.8 Å². The highest BCUT2D eigenvalue weighted by atomic mass is 35.5. The third-order valence-electron chi connectivity index (χ3n) is 1.33. The fraction of sp³-hybridized carbons (Fsp3) is 0.143. The third-order valence-corrected chi connectivity index (χ3v) is 2.47. The topological polar surface area (TPSA) is 55.8 Å². The van der Waals surface area contributed by atoms with Gasteiger partial charge >= 0.3 is 7.82 Å². The van der Waals surface area contributed by atoms with Gasteiger partial charge in [0.15, 0.2) is 0 Å². The summed E-state index contributed by atoms with van der Waals surface area (Å²) in [5.74, 6) is 0.233. The van der Waals surface area contributed by atoms with Crippen molar-refractivity contribution in [3.05, 3.63) is 29.8 Å². The molecule has 1 aromatic rings. The molecule has 0 saturated heterocycles. The number of rotatable bonds is 3. The quantitative estimate of drug-likeness (QED) is 0.799. The molecule has 6 heteroatoms. The average molecular weight is 223 g/mol. The minimum atomic E-state index is -4.15.